The van der Waals surface area contributed by atoms with Crippen LogP contribution < -0.4 is 5.32 Å². The van der Waals surface area contributed by atoms with E-state index in [1.54, 1.807) is 11.8 Å². The molecule has 1 heterocycles. The van der Waals surface area contributed by atoms with E-state index in [1.165, 1.54) is 4.91 Å². The number of rotatable bonds is 0. The van der Waals surface area contributed by atoms with Gasteiger partial charge in [0.1, 0.15) is 4.32 Å². The largest absolute Gasteiger partial charge is 0.363 e. The van der Waals surface area contributed by atoms with E-state index in [4.69, 9.17) is 12.2 Å². The van der Waals surface area contributed by atoms with Gasteiger partial charge in [-0.3, -0.25) is 0 Å². The summed E-state index contributed by atoms with van der Waals surface area (Å²) >= 11 is 6.70. The number of fused-ring (bicyclic) bond motifs is 1. The molecule has 2 aliphatic rings. The lowest BCUT2D eigenvalue weighted by molar-refractivity contribution is 0.746. The zero-order valence-electron chi connectivity index (χ0n) is 5.33. The van der Waals surface area contributed by atoms with E-state index < -0.39 is 0 Å². The maximum absolute atomic E-state index is 5.02. The Morgan fingerprint density at radius 1 is 1.70 bits per heavy atom. The van der Waals surface area contributed by atoms with Crippen LogP contribution in [-0.4, -0.2) is 10.4 Å². The number of nitrogens with one attached hydrogen (secondary N) is 1. The first kappa shape index (κ1) is 6.43. The summed E-state index contributed by atoms with van der Waals surface area (Å²) in [6, 6.07) is 0.488. The van der Waals surface area contributed by atoms with Crippen molar-refractivity contribution in [2.24, 2.45) is 0 Å². The molecule has 1 unspecified atom stereocenters. The maximum atomic E-state index is 5.02. The van der Waals surface area contributed by atoms with Gasteiger partial charge in [-0.1, -0.05) is 42.2 Å². The van der Waals surface area contributed by atoms with E-state index in [2.05, 4.69) is 23.5 Å². The molecule has 3 heteroatoms. The van der Waals surface area contributed by atoms with Crippen LogP contribution in [0.3, 0.4) is 0 Å². The standard InChI is InChI=1S/C7H7NS2/c9-7-8-5-3-1-2-4-6(5)10-7/h1-2,4-5H,3H2,(H,8,9). The van der Waals surface area contributed by atoms with Crippen LogP contribution in [0.25, 0.3) is 0 Å². The van der Waals surface area contributed by atoms with Gasteiger partial charge in [0.25, 0.3) is 0 Å². The van der Waals surface area contributed by atoms with Gasteiger partial charge in [-0.05, 0) is 6.42 Å². The molecule has 1 fully saturated rings. The highest BCUT2D eigenvalue weighted by atomic mass is 32.2. The van der Waals surface area contributed by atoms with E-state index in [-0.39, 0.29) is 0 Å². The Bertz CT molecular complexity index is 230. The third-order valence-electron chi connectivity index (χ3n) is 1.61. The molecule has 1 aliphatic heterocycles. The average Bonchev–Trinajstić information content (AvgIpc) is 2.27. The van der Waals surface area contributed by atoms with Crippen LogP contribution in [0.15, 0.2) is 23.1 Å². The van der Waals surface area contributed by atoms with Gasteiger partial charge >= 0.3 is 0 Å². The molecule has 1 nitrogen and oxygen atoms in total. The van der Waals surface area contributed by atoms with Crippen molar-refractivity contribution in [2.75, 3.05) is 0 Å². The van der Waals surface area contributed by atoms with E-state index in [0.29, 0.717) is 6.04 Å². The molecule has 2 rings (SSSR count). The van der Waals surface area contributed by atoms with Gasteiger partial charge in [0.05, 0.1) is 6.04 Å². The van der Waals surface area contributed by atoms with E-state index >= 15 is 0 Å². The van der Waals surface area contributed by atoms with Crippen molar-refractivity contribution < 1.29 is 0 Å². The van der Waals surface area contributed by atoms with Crippen LogP contribution >= 0.6 is 24.0 Å². The molecule has 0 aromatic carbocycles. The summed E-state index contributed by atoms with van der Waals surface area (Å²) in [5, 5.41) is 3.23. The highest BCUT2D eigenvalue weighted by Crippen LogP contribution is 2.31. The van der Waals surface area contributed by atoms with Gasteiger partial charge in [-0.2, -0.15) is 0 Å². The Hall–Kier alpha value is -0.280. The van der Waals surface area contributed by atoms with Crippen molar-refractivity contribution in [3.63, 3.8) is 0 Å². The second kappa shape index (κ2) is 2.40. The van der Waals surface area contributed by atoms with Gasteiger partial charge in [0.2, 0.25) is 0 Å². The van der Waals surface area contributed by atoms with Crippen LogP contribution in [0.4, 0.5) is 0 Å². The van der Waals surface area contributed by atoms with Crippen molar-refractivity contribution in [3.05, 3.63) is 23.1 Å². The number of thioether (sulfide) groups is 1. The van der Waals surface area contributed by atoms with Crippen LogP contribution in [0.2, 0.25) is 0 Å². The molecule has 0 radical (unpaired) electrons. The van der Waals surface area contributed by atoms with Crippen LogP contribution in [0, 0.1) is 0 Å². The summed E-state index contributed by atoms with van der Waals surface area (Å²) < 4.78 is 0.917. The number of hydrogen-bond acceptors (Lipinski definition) is 2. The quantitative estimate of drug-likeness (QED) is 0.556. The first-order valence-corrected chi connectivity index (χ1v) is 4.44. The molecule has 10 heavy (non-hydrogen) atoms. The zero-order valence-corrected chi connectivity index (χ0v) is 6.97. The normalized spacial score (nSPS) is 29.4. The summed E-state index contributed by atoms with van der Waals surface area (Å²) in [5.74, 6) is 0. The second-order valence-corrected chi connectivity index (χ2v) is 4.07. The molecule has 1 N–H and O–H groups in total. The molecule has 0 bridgehead atoms. The summed E-state index contributed by atoms with van der Waals surface area (Å²) in [5.41, 5.74) is 0. The van der Waals surface area contributed by atoms with Gasteiger partial charge < -0.3 is 5.32 Å². The molecule has 1 aliphatic carbocycles. The fourth-order valence-electron chi connectivity index (χ4n) is 1.12. The predicted molar refractivity (Wildman–Crippen MR) is 49.0 cm³/mol. The highest BCUT2D eigenvalue weighted by molar-refractivity contribution is 8.25. The topological polar surface area (TPSA) is 12.0 Å². The minimum atomic E-state index is 0.488. The van der Waals surface area contributed by atoms with Gasteiger partial charge in [0.15, 0.2) is 0 Å². The first-order chi connectivity index (χ1) is 4.86. The average molecular weight is 169 g/mol. The first-order valence-electron chi connectivity index (χ1n) is 3.21. The van der Waals surface area contributed by atoms with E-state index in [0.717, 1.165) is 10.7 Å². The maximum Gasteiger partial charge on any atom is 0.138 e. The van der Waals surface area contributed by atoms with Gasteiger partial charge in [0, 0.05) is 4.91 Å². The zero-order chi connectivity index (χ0) is 6.97. The molecular formula is C7H7NS2. The van der Waals surface area contributed by atoms with E-state index in [9.17, 15) is 0 Å². The third kappa shape index (κ3) is 0.995. The van der Waals surface area contributed by atoms with Crippen LogP contribution in [-0.2, 0) is 0 Å². The fourth-order valence-corrected chi connectivity index (χ4v) is 2.41. The molecule has 52 valence electrons. The smallest absolute Gasteiger partial charge is 0.138 e. The molecular weight excluding hydrogens is 162 g/mol. The lowest BCUT2D eigenvalue weighted by Crippen LogP contribution is -2.24. The Labute approximate surface area is 69.6 Å². The van der Waals surface area contributed by atoms with Crippen molar-refractivity contribution in [3.8, 4) is 0 Å². The molecule has 1 atom stereocenters. The molecule has 0 aromatic heterocycles. The molecule has 0 spiro atoms. The summed E-state index contributed by atoms with van der Waals surface area (Å²) in [6.45, 7) is 0. The van der Waals surface area contributed by atoms with Crippen molar-refractivity contribution in [1.29, 1.82) is 0 Å². The van der Waals surface area contributed by atoms with Gasteiger partial charge in [-0.25, -0.2) is 0 Å². The minimum Gasteiger partial charge on any atom is -0.363 e. The Morgan fingerprint density at radius 2 is 2.60 bits per heavy atom. The molecule has 0 aromatic rings. The summed E-state index contributed by atoms with van der Waals surface area (Å²) in [4.78, 5) is 1.37. The number of hydrogen-bond donors (Lipinski definition) is 1. The highest BCUT2D eigenvalue weighted by Gasteiger charge is 2.24. The summed E-state index contributed by atoms with van der Waals surface area (Å²) in [6.07, 6.45) is 7.47. The molecule has 0 amide bonds. The van der Waals surface area contributed by atoms with Crippen molar-refractivity contribution in [2.45, 2.75) is 12.5 Å². The predicted octanol–water partition coefficient (Wildman–Crippen LogP) is 1.82. The Morgan fingerprint density at radius 3 is 3.40 bits per heavy atom. The lowest BCUT2D eigenvalue weighted by atomic mass is 10.1. The number of allylic oxidation sites excluding steroid dienone is 2. The minimum absolute atomic E-state index is 0.488. The fraction of sp³-hybridized carbons (Fsp3) is 0.286. The number of thiocarbonyl (C=S) groups is 1. The summed E-state index contributed by atoms with van der Waals surface area (Å²) in [7, 11) is 0. The van der Waals surface area contributed by atoms with Crippen molar-refractivity contribution in [1.82, 2.24) is 5.32 Å². The van der Waals surface area contributed by atoms with Crippen molar-refractivity contribution >= 4 is 28.3 Å². The molecule has 0 saturated carbocycles. The monoisotopic (exact) mass is 169 g/mol. The van der Waals surface area contributed by atoms with Gasteiger partial charge in [-0.15, -0.1) is 0 Å². The SMILES string of the molecule is S=C1NC2CC=CC=C2S1. The lowest BCUT2D eigenvalue weighted by Gasteiger charge is -2.10. The molecule has 1 saturated heterocycles. The third-order valence-corrected chi connectivity index (χ3v) is 2.94. The van der Waals surface area contributed by atoms with Crippen LogP contribution in [0.5, 0.6) is 0 Å². The Balaban J connectivity index is 2.26. The van der Waals surface area contributed by atoms with E-state index in [1.807, 2.05) is 0 Å². The Kier molecular flexibility index (Phi) is 1.54. The second-order valence-electron chi connectivity index (χ2n) is 2.32. The van der Waals surface area contributed by atoms with Crippen LogP contribution in [0.1, 0.15) is 6.42 Å².